The number of likely N-dealkylation sites (N-methyl/N-ethyl adjacent to an activating group) is 1. The van der Waals surface area contributed by atoms with Crippen LogP contribution in [0.4, 0.5) is 10.5 Å². The maximum absolute atomic E-state index is 14.6. The molecule has 3 saturated heterocycles. The zero-order chi connectivity index (χ0) is 57.0. The predicted molar refractivity (Wildman–Crippen MR) is 304 cm³/mol. The number of primary amides is 1. The molecule has 10 N–H and O–H groups in total. The molecular formula is C57H78N12O10S. The molecule has 0 radical (unpaired) electrons. The van der Waals surface area contributed by atoms with Crippen molar-refractivity contribution >= 4 is 81.3 Å². The number of non-ortho nitro benzene ring substituents is 1. The van der Waals surface area contributed by atoms with Crippen molar-refractivity contribution in [1.29, 1.82) is 0 Å². The molecule has 9 atom stereocenters. The molecule has 80 heavy (non-hydrogen) atoms. The van der Waals surface area contributed by atoms with Gasteiger partial charge in [-0.3, -0.25) is 48.6 Å². The standard InChI is InChI=1S/C57H78N12O10S/c1-33(2)50(65-53(73)36-28-39-38-13-11-15-40-49(38)35(30-61-40)29-45(39)67(3)31-36)55(75)63-42(27-34-20-22-37(23-21-34)69(78)79)56(76)68-26-12-16-44(68)54(74)60-25-9-4-5-18-47(70)59-24-10-8-14-41(52(58)72)62-48(71)19-7-6-17-46-51-43(32-80-46)64-57(77)66-51/h11,13,15,20-23,28,30,33,36,41-46,50-51,61H,4-10,12,14,16-19,24-27,29,31-32H2,1-3H3,(H2,58,72)(H,59,70)(H,60,74)(H,62,71)(H,63,75)(H,65,73)(H2,64,66,77)/t36-,41+,42+,43-,44+,45-,46-,50+,51-/m1/s1. The van der Waals surface area contributed by atoms with Gasteiger partial charge < -0.3 is 52.8 Å². The average molecular weight is 1120 g/mol. The average Bonchev–Trinajstić information content (AvgIpc) is 4.28. The first-order valence-corrected chi connectivity index (χ1v) is 29.5. The predicted octanol–water partition coefficient (Wildman–Crippen LogP) is 3.46. The second-order valence-electron chi connectivity index (χ2n) is 22.4. The van der Waals surface area contributed by atoms with Gasteiger partial charge in [-0.1, -0.05) is 57.0 Å². The third-order valence-electron chi connectivity index (χ3n) is 16.3. The van der Waals surface area contributed by atoms with Gasteiger partial charge in [-0.15, -0.1) is 0 Å². The summed E-state index contributed by atoms with van der Waals surface area (Å²) >= 11 is 1.83. The highest BCUT2D eigenvalue weighted by Crippen LogP contribution is 2.41. The third-order valence-corrected chi connectivity index (χ3v) is 17.8. The number of hydrogen-bond donors (Lipinski definition) is 9. The van der Waals surface area contributed by atoms with Crippen LogP contribution < -0.4 is 43.0 Å². The Bertz CT molecular complexity index is 2810. The Kier molecular flexibility index (Phi) is 20.3. The smallest absolute Gasteiger partial charge is 0.315 e. The largest absolute Gasteiger partial charge is 0.368 e. The van der Waals surface area contributed by atoms with Crippen molar-refractivity contribution in [2.24, 2.45) is 17.6 Å². The van der Waals surface area contributed by atoms with Crippen molar-refractivity contribution in [3.63, 3.8) is 0 Å². The van der Waals surface area contributed by atoms with E-state index >= 15 is 0 Å². The molecule has 3 fully saturated rings. The highest BCUT2D eigenvalue weighted by Gasteiger charge is 2.43. The Morgan fingerprint density at radius 2 is 1.61 bits per heavy atom. The van der Waals surface area contributed by atoms with E-state index in [1.807, 2.05) is 50.9 Å². The molecule has 22 nitrogen and oxygen atoms in total. The van der Waals surface area contributed by atoms with Crippen LogP contribution in [0.5, 0.6) is 0 Å². The van der Waals surface area contributed by atoms with Crippen molar-refractivity contribution in [1.82, 2.24) is 52.0 Å². The normalized spacial score (nSPS) is 22.2. The maximum Gasteiger partial charge on any atom is 0.315 e. The second kappa shape index (κ2) is 27.4. The number of H-pyrrole nitrogens is 1. The number of carbonyl (C=O) groups is 8. The van der Waals surface area contributed by atoms with Gasteiger partial charge in [0.15, 0.2) is 0 Å². The number of likely N-dealkylation sites (tertiary alicyclic amines) is 1. The zero-order valence-corrected chi connectivity index (χ0v) is 46.8. The van der Waals surface area contributed by atoms with E-state index in [9.17, 15) is 48.5 Å². The monoisotopic (exact) mass is 1120 g/mol. The van der Waals surface area contributed by atoms with Crippen molar-refractivity contribution < 1.29 is 43.3 Å². The quantitative estimate of drug-likeness (QED) is 0.0219. The molecule has 0 spiro atoms. The Hall–Kier alpha value is -7.01. The van der Waals surface area contributed by atoms with E-state index in [2.05, 4.69) is 59.4 Å². The zero-order valence-electron chi connectivity index (χ0n) is 46.0. The van der Waals surface area contributed by atoms with Crippen LogP contribution >= 0.6 is 11.8 Å². The summed E-state index contributed by atoms with van der Waals surface area (Å²) in [4.78, 5) is 124. The van der Waals surface area contributed by atoms with Crippen LogP contribution in [0.1, 0.15) is 114 Å². The molecule has 2 aromatic carbocycles. The molecular weight excluding hydrogens is 1040 g/mol. The van der Waals surface area contributed by atoms with Crippen molar-refractivity contribution in [2.45, 2.75) is 158 Å². The van der Waals surface area contributed by atoms with E-state index in [1.54, 1.807) is 0 Å². The third kappa shape index (κ3) is 14.9. The summed E-state index contributed by atoms with van der Waals surface area (Å²) < 4.78 is 0. The summed E-state index contributed by atoms with van der Waals surface area (Å²) in [6.45, 7) is 5.08. The Morgan fingerprint density at radius 3 is 2.38 bits per heavy atom. The van der Waals surface area contributed by atoms with Gasteiger partial charge in [-0.05, 0) is 106 Å². The number of rotatable bonds is 28. The van der Waals surface area contributed by atoms with E-state index in [-0.39, 0.29) is 85.2 Å². The molecule has 23 heteroatoms. The van der Waals surface area contributed by atoms with Crippen LogP contribution in [0.2, 0.25) is 0 Å². The number of fused-ring (bicyclic) bond motifs is 3. The number of nitrogens with one attached hydrogen (secondary N) is 8. The van der Waals surface area contributed by atoms with Crippen molar-refractivity contribution in [3.05, 3.63) is 81.5 Å². The summed E-state index contributed by atoms with van der Waals surface area (Å²) in [6, 6.07) is 8.34. The van der Waals surface area contributed by atoms with Gasteiger partial charge in [0.2, 0.25) is 41.4 Å². The van der Waals surface area contributed by atoms with E-state index in [0.29, 0.717) is 88.2 Å². The van der Waals surface area contributed by atoms with Gasteiger partial charge in [0.1, 0.15) is 24.2 Å². The molecule has 3 aromatic rings. The molecule has 432 valence electrons. The topological polar surface area (TPSA) is 312 Å². The molecule has 8 rings (SSSR count). The van der Waals surface area contributed by atoms with Gasteiger partial charge in [-0.25, -0.2) is 4.79 Å². The lowest BCUT2D eigenvalue weighted by molar-refractivity contribution is -0.384. The highest BCUT2D eigenvalue weighted by atomic mass is 32.2. The van der Waals surface area contributed by atoms with Gasteiger partial charge in [-0.2, -0.15) is 11.8 Å². The Morgan fingerprint density at radius 1 is 0.863 bits per heavy atom. The van der Waals surface area contributed by atoms with Gasteiger partial charge in [0.05, 0.1) is 22.9 Å². The number of aromatic nitrogens is 1. The molecule has 1 aromatic heterocycles. The fraction of sp³-hybridized carbons (Fsp3) is 0.579. The fourth-order valence-electron chi connectivity index (χ4n) is 11.9. The number of nitro groups is 1. The number of nitrogens with two attached hydrogens (primary N) is 1. The highest BCUT2D eigenvalue weighted by molar-refractivity contribution is 8.00. The van der Waals surface area contributed by atoms with E-state index < -0.39 is 52.7 Å². The lowest BCUT2D eigenvalue weighted by Crippen LogP contribution is -2.59. The molecule has 4 aliphatic heterocycles. The van der Waals surface area contributed by atoms with Crippen LogP contribution in [0.15, 0.2) is 54.7 Å². The lowest BCUT2D eigenvalue weighted by Gasteiger charge is -2.39. The molecule has 5 aliphatic rings. The van der Waals surface area contributed by atoms with E-state index in [4.69, 9.17) is 5.73 Å². The number of nitrogens with zero attached hydrogens (tertiary/aromatic N) is 3. The minimum Gasteiger partial charge on any atom is -0.368 e. The van der Waals surface area contributed by atoms with Gasteiger partial charge in [0, 0.05) is 91.7 Å². The summed E-state index contributed by atoms with van der Waals surface area (Å²) in [7, 11) is 2.00. The first-order valence-electron chi connectivity index (χ1n) is 28.4. The van der Waals surface area contributed by atoms with E-state index in [0.717, 1.165) is 47.1 Å². The molecule has 1 aliphatic carbocycles. The van der Waals surface area contributed by atoms with Crippen LogP contribution in [0.3, 0.4) is 0 Å². The minimum absolute atomic E-state index is 0.0197. The van der Waals surface area contributed by atoms with Crippen LogP contribution in [0, 0.1) is 22.0 Å². The van der Waals surface area contributed by atoms with E-state index in [1.165, 1.54) is 34.7 Å². The summed E-state index contributed by atoms with van der Waals surface area (Å²) in [6.07, 6.45) is 12.1. The molecule has 9 amide bonds. The number of aromatic amines is 1. The first-order chi connectivity index (χ1) is 38.4. The fourth-order valence-corrected chi connectivity index (χ4v) is 13.4. The molecule has 5 heterocycles. The number of carbonyl (C=O) groups excluding carboxylic acids is 8. The number of amides is 9. The van der Waals surface area contributed by atoms with Crippen molar-refractivity contribution in [3.8, 4) is 0 Å². The summed E-state index contributed by atoms with van der Waals surface area (Å²) in [5.41, 5.74) is 10.4. The maximum atomic E-state index is 14.6. The minimum atomic E-state index is -1.16. The summed E-state index contributed by atoms with van der Waals surface area (Å²) in [5, 5.41) is 33.4. The van der Waals surface area contributed by atoms with Crippen LogP contribution in [-0.4, -0.2) is 154 Å². The Labute approximate surface area is 470 Å². The molecule has 0 unspecified atom stereocenters. The molecule has 0 bridgehead atoms. The number of benzene rings is 2. The number of nitro benzene ring substituents is 1. The van der Waals surface area contributed by atoms with Gasteiger partial charge >= 0.3 is 6.03 Å². The number of hydrogen-bond acceptors (Lipinski definition) is 12. The number of urea groups is 1. The summed E-state index contributed by atoms with van der Waals surface area (Å²) in [5.74, 6) is -2.70. The van der Waals surface area contributed by atoms with Crippen LogP contribution in [0.25, 0.3) is 16.5 Å². The SMILES string of the molecule is CC(C)[C@H](NC(=O)[C@@H]1C=C2c3cccc4[nH]cc(c34)C[C@H]2N(C)C1)C(=O)N[C@@H](Cc1ccc([N+](=O)[O-])cc1)C(=O)N1CCC[C@H]1C(=O)NCCCCCC(=O)NCCCC[C@H](NC(=O)CCCC[C@H]1SC[C@H]2NC(=O)N[C@H]21)C(N)=O. The molecule has 0 saturated carbocycles. The lowest BCUT2D eigenvalue weighted by atomic mass is 9.79. The van der Waals surface area contributed by atoms with Gasteiger partial charge in [0.25, 0.3) is 5.69 Å². The van der Waals surface area contributed by atoms with Crippen molar-refractivity contribution in [2.75, 3.05) is 39.0 Å². The number of unbranched alkanes of at least 4 members (excludes halogenated alkanes) is 4. The first kappa shape index (κ1) is 59.1. The number of thioether (sulfide) groups is 1. The Balaban J connectivity index is 0.759. The second-order valence-corrected chi connectivity index (χ2v) is 23.6. The van der Waals surface area contributed by atoms with Crippen LogP contribution in [-0.2, 0) is 46.4 Å².